The van der Waals surface area contributed by atoms with E-state index in [1.807, 2.05) is 12.1 Å². The zero-order valence-corrected chi connectivity index (χ0v) is 23.0. The van der Waals surface area contributed by atoms with Gasteiger partial charge in [0.25, 0.3) is 5.91 Å². The number of benzene rings is 1. The van der Waals surface area contributed by atoms with E-state index in [9.17, 15) is 18.6 Å². The Labute approximate surface area is 236 Å². The van der Waals surface area contributed by atoms with Crippen LogP contribution in [0.5, 0.6) is 0 Å². The predicted octanol–water partition coefficient (Wildman–Crippen LogP) is 3.11. The molecule has 0 aliphatic carbocycles. The molecule has 0 saturated carbocycles. The number of aromatic nitrogens is 1. The van der Waals surface area contributed by atoms with E-state index in [0.29, 0.717) is 25.4 Å². The summed E-state index contributed by atoms with van der Waals surface area (Å²) in [5.41, 5.74) is 2.24. The van der Waals surface area contributed by atoms with Crippen molar-refractivity contribution in [1.82, 2.24) is 14.6 Å². The number of fused-ring (bicyclic) bond motifs is 1. The molecule has 1 unspecified atom stereocenters. The molecule has 204 valence electrons. The largest absolute Gasteiger partial charge is 0.384 e. The summed E-state index contributed by atoms with van der Waals surface area (Å²) >= 11 is 6.93. The highest BCUT2D eigenvalue weighted by molar-refractivity contribution is 7.86. The van der Waals surface area contributed by atoms with Gasteiger partial charge >= 0.3 is 6.03 Å². The lowest BCUT2D eigenvalue weighted by Gasteiger charge is -2.27. The molecule has 1 aromatic carbocycles. The van der Waals surface area contributed by atoms with Gasteiger partial charge in [0.2, 0.25) is 5.91 Å². The number of urea groups is 1. The molecule has 1 saturated heterocycles. The van der Waals surface area contributed by atoms with Gasteiger partial charge in [0.05, 0.1) is 35.9 Å². The Balaban J connectivity index is 1.18. The molecule has 2 aliphatic heterocycles. The first-order valence-corrected chi connectivity index (χ1v) is 14.5. The van der Waals surface area contributed by atoms with Crippen LogP contribution in [0.2, 0.25) is 4.34 Å². The normalized spacial score (nSPS) is 16.5. The Morgan fingerprint density at radius 1 is 1.10 bits per heavy atom. The molecule has 39 heavy (non-hydrogen) atoms. The highest BCUT2D eigenvalue weighted by atomic mass is 35.5. The first-order valence-electron chi connectivity index (χ1n) is 12.1. The van der Waals surface area contributed by atoms with Gasteiger partial charge in [-0.05, 0) is 48.0 Å². The Morgan fingerprint density at radius 2 is 1.90 bits per heavy atom. The van der Waals surface area contributed by atoms with Crippen LogP contribution < -0.4 is 20.3 Å². The SMILES string of the molecule is O=C(Nc1ccc(N2C(=O)Cc3cc(NCCN4CCOCC4)ccc3C2=O)nc1)NS(=O)c1ccc(Cl)s1. The van der Waals surface area contributed by atoms with Crippen LogP contribution in [-0.2, 0) is 26.9 Å². The lowest BCUT2D eigenvalue weighted by atomic mass is 9.97. The van der Waals surface area contributed by atoms with Crippen LogP contribution in [0.25, 0.3) is 0 Å². The van der Waals surface area contributed by atoms with Crippen molar-refractivity contribution in [3.63, 3.8) is 0 Å². The number of nitrogens with zero attached hydrogens (tertiary/aromatic N) is 3. The van der Waals surface area contributed by atoms with E-state index >= 15 is 0 Å². The molecule has 5 rings (SSSR count). The lowest BCUT2D eigenvalue weighted by Crippen LogP contribution is -2.43. The number of halogens is 1. The number of hydrogen-bond acceptors (Lipinski definition) is 9. The molecule has 3 aromatic rings. The number of ether oxygens (including phenoxy) is 1. The smallest absolute Gasteiger partial charge is 0.331 e. The summed E-state index contributed by atoms with van der Waals surface area (Å²) in [7, 11) is -1.77. The van der Waals surface area contributed by atoms with Crippen LogP contribution >= 0.6 is 22.9 Å². The fourth-order valence-corrected chi connectivity index (χ4v) is 6.35. The number of anilines is 3. The molecule has 0 radical (unpaired) electrons. The second-order valence-electron chi connectivity index (χ2n) is 8.75. The quantitative estimate of drug-likeness (QED) is 0.342. The molecule has 2 aromatic heterocycles. The Bertz CT molecular complexity index is 1410. The van der Waals surface area contributed by atoms with Gasteiger partial charge in [-0.25, -0.2) is 18.9 Å². The van der Waals surface area contributed by atoms with E-state index in [4.69, 9.17) is 16.3 Å². The van der Waals surface area contributed by atoms with Crippen LogP contribution in [0.4, 0.5) is 22.0 Å². The van der Waals surface area contributed by atoms with E-state index < -0.39 is 28.8 Å². The number of nitrogens with one attached hydrogen (secondary N) is 3. The second-order valence-corrected chi connectivity index (χ2v) is 11.9. The standard InChI is InChI=1S/C25H25ClN6O5S2/c26-20-4-6-23(38-20)39(36)30-25(35)29-18-2-5-21(28-15-18)32-22(33)14-16-13-17(1-3-19(16)24(32)34)27-7-8-31-9-11-37-12-10-31/h1-6,13,15,27H,7-12,14H2,(H2,29,30,35). The molecule has 2 aliphatic rings. The molecule has 3 N–H and O–H groups in total. The molecule has 0 spiro atoms. The van der Waals surface area contributed by atoms with Gasteiger partial charge < -0.3 is 15.4 Å². The Hall–Kier alpha value is -3.36. The van der Waals surface area contributed by atoms with Crippen molar-refractivity contribution >= 4 is 69.0 Å². The minimum atomic E-state index is -1.77. The van der Waals surface area contributed by atoms with Crippen molar-refractivity contribution in [3.8, 4) is 0 Å². The number of carbonyl (C=O) groups is 3. The number of imide groups is 1. The molecular formula is C25H25ClN6O5S2. The summed E-state index contributed by atoms with van der Waals surface area (Å²) in [6.45, 7) is 4.94. The van der Waals surface area contributed by atoms with E-state index in [0.717, 1.165) is 61.3 Å². The van der Waals surface area contributed by atoms with E-state index in [1.165, 1.54) is 18.3 Å². The predicted molar refractivity (Wildman–Crippen MR) is 150 cm³/mol. The third kappa shape index (κ3) is 6.62. The van der Waals surface area contributed by atoms with Gasteiger partial charge in [-0.1, -0.05) is 11.6 Å². The van der Waals surface area contributed by atoms with Crippen LogP contribution in [0.15, 0.2) is 52.9 Å². The van der Waals surface area contributed by atoms with Gasteiger partial charge in [-0.3, -0.25) is 19.2 Å². The van der Waals surface area contributed by atoms with Gasteiger partial charge in [0.15, 0.2) is 11.0 Å². The first kappa shape index (κ1) is 27.2. The van der Waals surface area contributed by atoms with Crippen molar-refractivity contribution in [2.45, 2.75) is 10.6 Å². The maximum atomic E-state index is 13.2. The summed E-state index contributed by atoms with van der Waals surface area (Å²) in [4.78, 5) is 45.9. The average Bonchev–Trinajstić information content (AvgIpc) is 3.36. The number of pyridine rings is 1. The maximum Gasteiger partial charge on any atom is 0.331 e. The Morgan fingerprint density at radius 3 is 2.62 bits per heavy atom. The maximum absolute atomic E-state index is 13.2. The molecule has 1 atom stereocenters. The van der Waals surface area contributed by atoms with Gasteiger partial charge in [-0.2, -0.15) is 0 Å². The van der Waals surface area contributed by atoms with Crippen LogP contribution in [0.3, 0.4) is 0 Å². The summed E-state index contributed by atoms with van der Waals surface area (Å²) in [6.07, 6.45) is 1.38. The lowest BCUT2D eigenvalue weighted by molar-refractivity contribution is -0.117. The van der Waals surface area contributed by atoms with Crippen LogP contribution in [0.1, 0.15) is 15.9 Å². The van der Waals surface area contributed by atoms with Crippen molar-refractivity contribution in [1.29, 1.82) is 0 Å². The summed E-state index contributed by atoms with van der Waals surface area (Å²) < 4.78 is 20.8. The average molecular weight is 589 g/mol. The number of thiophene rings is 1. The first-order chi connectivity index (χ1) is 18.9. The van der Waals surface area contributed by atoms with E-state index in [2.05, 4.69) is 25.2 Å². The zero-order valence-electron chi connectivity index (χ0n) is 20.6. The van der Waals surface area contributed by atoms with E-state index in [-0.39, 0.29) is 12.2 Å². The van der Waals surface area contributed by atoms with Crippen LogP contribution in [-0.4, -0.2) is 71.3 Å². The molecule has 4 amide bonds. The number of hydrogen-bond donors (Lipinski definition) is 3. The van der Waals surface area contributed by atoms with Gasteiger partial charge in [-0.15, -0.1) is 11.3 Å². The number of rotatable bonds is 8. The molecule has 11 nitrogen and oxygen atoms in total. The number of morpholine rings is 1. The fraction of sp³-hybridized carbons (Fsp3) is 0.280. The van der Waals surface area contributed by atoms with Gasteiger partial charge in [0, 0.05) is 37.4 Å². The van der Waals surface area contributed by atoms with Crippen molar-refractivity contribution < 1.29 is 23.3 Å². The molecule has 1 fully saturated rings. The van der Waals surface area contributed by atoms with Gasteiger partial charge in [0.1, 0.15) is 10.0 Å². The van der Waals surface area contributed by atoms with E-state index in [1.54, 1.807) is 18.2 Å². The number of amides is 4. The minimum Gasteiger partial charge on any atom is -0.384 e. The molecular weight excluding hydrogens is 564 g/mol. The Kier molecular flexibility index (Phi) is 8.53. The van der Waals surface area contributed by atoms with Crippen LogP contribution in [0, 0.1) is 0 Å². The fourth-order valence-electron chi connectivity index (χ4n) is 4.23. The molecule has 4 heterocycles. The highest BCUT2D eigenvalue weighted by Gasteiger charge is 2.33. The van der Waals surface area contributed by atoms with Crippen molar-refractivity contribution in [2.75, 3.05) is 54.9 Å². The summed E-state index contributed by atoms with van der Waals surface area (Å²) in [5.74, 6) is -0.711. The summed E-state index contributed by atoms with van der Waals surface area (Å²) in [6, 6.07) is 10.8. The minimum absolute atomic E-state index is 0.0582. The topological polar surface area (TPSA) is 133 Å². The summed E-state index contributed by atoms with van der Waals surface area (Å²) in [5, 5.41) is 5.89. The monoisotopic (exact) mass is 588 g/mol. The molecule has 0 bridgehead atoms. The zero-order chi connectivity index (χ0) is 27.4. The van der Waals surface area contributed by atoms with Crippen molar-refractivity contribution in [3.05, 3.63) is 64.1 Å². The molecule has 14 heteroatoms. The second kappa shape index (κ2) is 12.2. The van der Waals surface area contributed by atoms with Crippen molar-refractivity contribution in [2.24, 2.45) is 0 Å². The third-order valence-corrected chi connectivity index (χ3v) is 8.74. The third-order valence-electron chi connectivity index (χ3n) is 6.14. The number of carbonyl (C=O) groups excluding carboxylic acids is 3. The highest BCUT2D eigenvalue weighted by Crippen LogP contribution is 2.27.